The van der Waals surface area contributed by atoms with Gasteiger partial charge in [-0.05, 0) is 48.5 Å². The number of thiazole rings is 1. The Balaban J connectivity index is 1.27. The molecule has 2 aromatic heterocycles. The zero-order valence-corrected chi connectivity index (χ0v) is 18.7. The van der Waals surface area contributed by atoms with E-state index in [1.807, 2.05) is 47.8 Å². The van der Waals surface area contributed by atoms with E-state index < -0.39 is 6.09 Å². The third kappa shape index (κ3) is 4.97. The molecule has 0 aliphatic carbocycles. The van der Waals surface area contributed by atoms with Crippen LogP contribution in [0.5, 0.6) is 17.2 Å². The molecule has 7 nitrogen and oxygen atoms in total. The maximum Gasteiger partial charge on any atom is 0.412 e. The van der Waals surface area contributed by atoms with E-state index in [-0.39, 0.29) is 0 Å². The van der Waals surface area contributed by atoms with Crippen molar-refractivity contribution in [1.82, 2.24) is 20.3 Å². The number of hydrogen-bond donors (Lipinski definition) is 2. The van der Waals surface area contributed by atoms with Crippen molar-refractivity contribution < 1.29 is 14.3 Å². The van der Waals surface area contributed by atoms with Crippen LogP contribution in [-0.4, -0.2) is 21.0 Å². The van der Waals surface area contributed by atoms with Crippen molar-refractivity contribution in [2.75, 3.05) is 0 Å². The molecule has 2 N–H and O–H groups in total. The number of H-pyrrole nitrogens is 1. The molecule has 5 aromatic rings. The molecule has 0 saturated heterocycles. The minimum absolute atomic E-state index is 0.323. The Bertz CT molecular complexity index is 1400. The van der Waals surface area contributed by atoms with Gasteiger partial charge in [0.25, 0.3) is 0 Å². The Morgan fingerprint density at radius 3 is 2.67 bits per heavy atom. The van der Waals surface area contributed by atoms with Crippen LogP contribution in [0.15, 0.2) is 78.3 Å². The number of imidazole rings is 1. The normalized spacial score (nSPS) is 10.8. The molecule has 2 heterocycles. The molecule has 0 aliphatic heterocycles. The van der Waals surface area contributed by atoms with Gasteiger partial charge < -0.3 is 19.8 Å². The highest BCUT2D eigenvalue weighted by molar-refractivity contribution is 7.09. The average molecular weight is 477 g/mol. The number of nitrogens with zero attached hydrogens (tertiary/aromatic N) is 2. The SMILES string of the molecule is O=C(NCc1nccs1)Oc1ccc2nc(-c3ccc(Oc4ccccc4Cl)cc3)[nH]c2c1. The fourth-order valence-corrected chi connectivity index (χ4v) is 3.89. The quantitative estimate of drug-likeness (QED) is 0.295. The molecule has 0 unspecified atom stereocenters. The summed E-state index contributed by atoms with van der Waals surface area (Å²) in [4.78, 5) is 24.1. The lowest BCUT2D eigenvalue weighted by molar-refractivity contribution is 0.200. The number of carbonyl (C=O) groups excluding carboxylic acids is 1. The first-order valence-electron chi connectivity index (χ1n) is 10.0. The van der Waals surface area contributed by atoms with E-state index in [4.69, 9.17) is 21.1 Å². The van der Waals surface area contributed by atoms with Crippen LogP contribution in [0.25, 0.3) is 22.4 Å². The van der Waals surface area contributed by atoms with Gasteiger partial charge in [0.1, 0.15) is 28.1 Å². The van der Waals surface area contributed by atoms with Crippen molar-refractivity contribution in [2.45, 2.75) is 6.54 Å². The van der Waals surface area contributed by atoms with Crippen LogP contribution in [0, 0.1) is 0 Å². The van der Waals surface area contributed by atoms with E-state index in [1.165, 1.54) is 11.3 Å². The summed E-state index contributed by atoms with van der Waals surface area (Å²) in [7, 11) is 0. The van der Waals surface area contributed by atoms with Crippen molar-refractivity contribution in [3.63, 3.8) is 0 Å². The maximum atomic E-state index is 12.1. The number of fused-ring (bicyclic) bond motifs is 1. The molecule has 5 rings (SSSR count). The van der Waals surface area contributed by atoms with Crippen LogP contribution in [0.1, 0.15) is 5.01 Å². The molecule has 0 aliphatic rings. The Labute approximate surface area is 198 Å². The molecular weight excluding hydrogens is 460 g/mol. The zero-order chi connectivity index (χ0) is 22.6. The van der Waals surface area contributed by atoms with E-state index in [9.17, 15) is 4.79 Å². The number of ether oxygens (including phenoxy) is 2. The summed E-state index contributed by atoms with van der Waals surface area (Å²) >= 11 is 7.62. The summed E-state index contributed by atoms with van der Waals surface area (Å²) < 4.78 is 11.2. The Hall–Kier alpha value is -3.88. The van der Waals surface area contributed by atoms with Crippen molar-refractivity contribution in [2.24, 2.45) is 0 Å². The third-order valence-corrected chi connectivity index (χ3v) is 5.82. The molecule has 0 atom stereocenters. The lowest BCUT2D eigenvalue weighted by Gasteiger charge is -2.07. The monoisotopic (exact) mass is 476 g/mol. The highest BCUT2D eigenvalue weighted by atomic mass is 35.5. The summed E-state index contributed by atoms with van der Waals surface area (Å²) in [5.41, 5.74) is 2.41. The molecule has 0 spiro atoms. The topological polar surface area (TPSA) is 89.1 Å². The van der Waals surface area contributed by atoms with Gasteiger partial charge in [0, 0.05) is 23.2 Å². The fraction of sp³-hybridized carbons (Fsp3) is 0.0417. The molecule has 164 valence electrons. The molecule has 0 radical (unpaired) electrons. The second kappa shape index (κ2) is 9.32. The van der Waals surface area contributed by atoms with Crippen molar-refractivity contribution in [1.29, 1.82) is 0 Å². The van der Waals surface area contributed by atoms with Crippen LogP contribution in [0.2, 0.25) is 5.02 Å². The standard InChI is InChI=1S/C24H17ClN4O3S/c25-18-3-1-2-4-21(18)31-16-7-5-15(6-8-16)23-28-19-10-9-17(13-20(19)29-23)32-24(30)27-14-22-26-11-12-33-22/h1-13H,14H2,(H,27,30)(H,28,29). The van der Waals surface area contributed by atoms with E-state index >= 15 is 0 Å². The number of halogens is 1. The number of hydrogen-bond acceptors (Lipinski definition) is 6. The highest BCUT2D eigenvalue weighted by Gasteiger charge is 2.10. The second-order valence-electron chi connectivity index (χ2n) is 6.99. The first kappa shape index (κ1) is 21.0. The van der Waals surface area contributed by atoms with Gasteiger partial charge in [-0.25, -0.2) is 14.8 Å². The molecule has 33 heavy (non-hydrogen) atoms. The summed E-state index contributed by atoms with van der Waals surface area (Å²) in [6, 6.07) is 20.1. The number of aromatic nitrogens is 3. The van der Waals surface area contributed by atoms with Crippen LogP contribution in [0.3, 0.4) is 0 Å². The molecule has 9 heteroatoms. The number of amides is 1. The van der Waals surface area contributed by atoms with Gasteiger partial charge in [0.15, 0.2) is 0 Å². The fourth-order valence-electron chi connectivity index (χ4n) is 3.16. The lowest BCUT2D eigenvalue weighted by Crippen LogP contribution is -2.26. The van der Waals surface area contributed by atoms with Crippen LogP contribution >= 0.6 is 22.9 Å². The number of nitrogens with one attached hydrogen (secondary N) is 2. The van der Waals surface area contributed by atoms with E-state index in [1.54, 1.807) is 30.5 Å². The molecule has 3 aromatic carbocycles. The smallest absolute Gasteiger partial charge is 0.412 e. The maximum absolute atomic E-state index is 12.1. The highest BCUT2D eigenvalue weighted by Crippen LogP contribution is 2.30. The van der Waals surface area contributed by atoms with Crippen molar-refractivity contribution in [3.8, 4) is 28.6 Å². The molecular formula is C24H17ClN4O3S. The zero-order valence-electron chi connectivity index (χ0n) is 17.1. The van der Waals surface area contributed by atoms with Gasteiger partial charge in [0.2, 0.25) is 0 Å². The average Bonchev–Trinajstić information content (AvgIpc) is 3.49. The summed E-state index contributed by atoms with van der Waals surface area (Å²) in [5, 5.41) is 5.89. The first-order valence-corrected chi connectivity index (χ1v) is 11.3. The van der Waals surface area contributed by atoms with Gasteiger partial charge in [0.05, 0.1) is 22.6 Å². The van der Waals surface area contributed by atoms with Gasteiger partial charge in [-0.15, -0.1) is 11.3 Å². The minimum atomic E-state index is -0.543. The summed E-state index contributed by atoms with van der Waals surface area (Å²) in [6.07, 6.45) is 1.15. The van der Waals surface area contributed by atoms with Crippen molar-refractivity contribution >= 4 is 40.1 Å². The number of aromatic amines is 1. The Kier molecular flexibility index (Phi) is 5.93. The van der Waals surface area contributed by atoms with E-state index in [0.29, 0.717) is 34.6 Å². The Morgan fingerprint density at radius 1 is 1.06 bits per heavy atom. The van der Waals surface area contributed by atoms with Gasteiger partial charge in [-0.1, -0.05) is 23.7 Å². The lowest BCUT2D eigenvalue weighted by atomic mass is 10.2. The van der Waals surface area contributed by atoms with Crippen molar-refractivity contribution in [3.05, 3.63) is 88.3 Å². The Morgan fingerprint density at radius 2 is 1.88 bits per heavy atom. The predicted molar refractivity (Wildman–Crippen MR) is 128 cm³/mol. The molecule has 1 amide bonds. The number of rotatable bonds is 6. The van der Waals surface area contributed by atoms with Gasteiger partial charge in [-0.2, -0.15) is 0 Å². The van der Waals surface area contributed by atoms with Gasteiger partial charge in [-0.3, -0.25) is 0 Å². The molecule has 0 fully saturated rings. The molecule has 0 bridgehead atoms. The molecule has 0 saturated carbocycles. The third-order valence-electron chi connectivity index (χ3n) is 4.72. The van der Waals surface area contributed by atoms with Crippen LogP contribution < -0.4 is 14.8 Å². The van der Waals surface area contributed by atoms with Crippen LogP contribution in [0.4, 0.5) is 4.79 Å². The van der Waals surface area contributed by atoms with Gasteiger partial charge >= 0.3 is 6.09 Å². The predicted octanol–water partition coefficient (Wildman–Crippen LogP) is 6.42. The second-order valence-corrected chi connectivity index (χ2v) is 8.38. The summed E-state index contributed by atoms with van der Waals surface area (Å²) in [6.45, 7) is 0.323. The number of benzene rings is 3. The number of carbonyl (C=O) groups is 1. The summed E-state index contributed by atoms with van der Waals surface area (Å²) in [5.74, 6) is 2.37. The number of para-hydroxylation sites is 1. The largest absolute Gasteiger partial charge is 0.456 e. The van der Waals surface area contributed by atoms with Crippen LogP contribution in [-0.2, 0) is 6.54 Å². The van der Waals surface area contributed by atoms with E-state index in [2.05, 4.69) is 20.3 Å². The minimum Gasteiger partial charge on any atom is -0.456 e. The first-order chi connectivity index (χ1) is 16.1. The van der Waals surface area contributed by atoms with E-state index in [0.717, 1.165) is 21.6 Å².